The Bertz CT molecular complexity index is 741. The Balaban J connectivity index is 1.41. The Labute approximate surface area is 162 Å². The number of sulfonamides is 1. The molecular formula is C19H30N4O3S. The standard InChI is InChI=1S/C19H30N4O3S/c1-22-11-13-23(14-12-22)10-3-2-9-20-19(24)16-5-4-6-18(15-16)27(25,26)21-17-7-8-17/h4-6,15,17,21H,2-3,7-14H2,1H3,(H,20,24). The first kappa shape index (κ1) is 20.3. The molecule has 27 heavy (non-hydrogen) atoms. The van der Waals surface area contributed by atoms with E-state index < -0.39 is 10.0 Å². The second-order valence-corrected chi connectivity index (χ2v) is 9.25. The van der Waals surface area contributed by atoms with Crippen molar-refractivity contribution in [2.45, 2.75) is 36.6 Å². The third-order valence-electron chi connectivity index (χ3n) is 5.09. The zero-order chi connectivity index (χ0) is 19.3. The highest BCUT2D eigenvalue weighted by Gasteiger charge is 2.28. The van der Waals surface area contributed by atoms with Crippen molar-refractivity contribution in [3.63, 3.8) is 0 Å². The van der Waals surface area contributed by atoms with Gasteiger partial charge in [-0.1, -0.05) is 6.07 Å². The van der Waals surface area contributed by atoms with Gasteiger partial charge in [-0.3, -0.25) is 4.79 Å². The van der Waals surface area contributed by atoms with Crippen LogP contribution in [0.1, 0.15) is 36.0 Å². The first-order chi connectivity index (χ1) is 12.9. The van der Waals surface area contributed by atoms with Crippen molar-refractivity contribution < 1.29 is 13.2 Å². The molecule has 1 aromatic carbocycles. The summed E-state index contributed by atoms with van der Waals surface area (Å²) in [5.41, 5.74) is 0.382. The lowest BCUT2D eigenvalue weighted by Gasteiger charge is -2.32. The van der Waals surface area contributed by atoms with Crippen molar-refractivity contribution in [1.82, 2.24) is 19.8 Å². The normalized spacial score (nSPS) is 19.1. The van der Waals surface area contributed by atoms with Crippen LogP contribution in [0.25, 0.3) is 0 Å². The van der Waals surface area contributed by atoms with Gasteiger partial charge in [0.15, 0.2) is 0 Å². The average Bonchev–Trinajstić information content (AvgIpc) is 3.46. The number of hydrogen-bond acceptors (Lipinski definition) is 5. The zero-order valence-corrected chi connectivity index (χ0v) is 16.8. The molecule has 2 fully saturated rings. The van der Waals surface area contributed by atoms with Gasteiger partial charge in [-0.25, -0.2) is 13.1 Å². The molecule has 1 saturated heterocycles. The molecule has 1 aliphatic carbocycles. The number of piperazine rings is 1. The van der Waals surface area contributed by atoms with Crippen LogP contribution in [0, 0.1) is 0 Å². The predicted molar refractivity (Wildman–Crippen MR) is 105 cm³/mol. The van der Waals surface area contributed by atoms with E-state index in [2.05, 4.69) is 26.9 Å². The van der Waals surface area contributed by atoms with Crippen LogP contribution < -0.4 is 10.0 Å². The van der Waals surface area contributed by atoms with Gasteiger partial charge in [-0.05, 0) is 57.5 Å². The third-order valence-corrected chi connectivity index (χ3v) is 6.61. The van der Waals surface area contributed by atoms with Gasteiger partial charge in [0, 0.05) is 44.3 Å². The number of nitrogens with zero attached hydrogens (tertiary/aromatic N) is 2. The van der Waals surface area contributed by atoms with Crippen molar-refractivity contribution in [3.8, 4) is 0 Å². The second kappa shape index (κ2) is 9.14. The van der Waals surface area contributed by atoms with Crippen molar-refractivity contribution in [1.29, 1.82) is 0 Å². The minimum atomic E-state index is -3.54. The van der Waals surface area contributed by atoms with Gasteiger partial charge >= 0.3 is 0 Å². The first-order valence-corrected chi connectivity index (χ1v) is 11.2. The number of rotatable bonds is 9. The van der Waals surface area contributed by atoms with Crippen LogP contribution >= 0.6 is 0 Å². The predicted octanol–water partition coefficient (Wildman–Crippen LogP) is 0.885. The fraction of sp³-hybridized carbons (Fsp3) is 0.632. The van der Waals surface area contributed by atoms with Crippen LogP contribution in [0.4, 0.5) is 0 Å². The molecule has 1 heterocycles. The van der Waals surface area contributed by atoms with Crippen molar-refractivity contribution >= 4 is 15.9 Å². The van der Waals surface area contributed by atoms with E-state index in [0.717, 1.165) is 58.4 Å². The third kappa shape index (κ3) is 6.27. The van der Waals surface area contributed by atoms with Crippen LogP contribution in [-0.2, 0) is 10.0 Å². The first-order valence-electron chi connectivity index (χ1n) is 9.75. The fourth-order valence-corrected chi connectivity index (χ4v) is 4.48. The molecule has 1 aliphatic heterocycles. The molecule has 1 aromatic rings. The van der Waals surface area contributed by atoms with E-state index in [1.54, 1.807) is 12.1 Å². The summed E-state index contributed by atoms with van der Waals surface area (Å²) >= 11 is 0. The van der Waals surface area contributed by atoms with Gasteiger partial charge in [0.1, 0.15) is 0 Å². The Kier molecular flexibility index (Phi) is 6.86. The van der Waals surface area contributed by atoms with Crippen LogP contribution in [0.3, 0.4) is 0 Å². The van der Waals surface area contributed by atoms with E-state index in [9.17, 15) is 13.2 Å². The summed E-state index contributed by atoms with van der Waals surface area (Å²) in [5, 5.41) is 2.89. The fourth-order valence-electron chi connectivity index (χ4n) is 3.13. The summed E-state index contributed by atoms with van der Waals surface area (Å²) in [5.74, 6) is -0.224. The molecule has 7 nitrogen and oxygen atoms in total. The molecule has 8 heteroatoms. The summed E-state index contributed by atoms with van der Waals surface area (Å²) in [6.07, 6.45) is 3.73. The Morgan fingerprint density at radius 1 is 1.15 bits per heavy atom. The Morgan fingerprint density at radius 2 is 1.89 bits per heavy atom. The molecule has 150 valence electrons. The highest BCUT2D eigenvalue weighted by atomic mass is 32.2. The van der Waals surface area contributed by atoms with Gasteiger partial charge in [-0.2, -0.15) is 0 Å². The van der Waals surface area contributed by atoms with E-state index >= 15 is 0 Å². The SMILES string of the molecule is CN1CCN(CCCCNC(=O)c2cccc(S(=O)(=O)NC3CC3)c2)CC1. The molecule has 0 atom stereocenters. The minimum absolute atomic E-state index is 0.0489. The number of likely N-dealkylation sites (N-methyl/N-ethyl adjacent to an activating group) is 1. The highest BCUT2D eigenvalue weighted by molar-refractivity contribution is 7.89. The van der Waals surface area contributed by atoms with E-state index in [4.69, 9.17) is 0 Å². The molecule has 0 aromatic heterocycles. The number of amides is 1. The van der Waals surface area contributed by atoms with E-state index in [1.165, 1.54) is 12.1 Å². The lowest BCUT2D eigenvalue weighted by atomic mass is 10.2. The number of hydrogen-bond donors (Lipinski definition) is 2. The van der Waals surface area contributed by atoms with E-state index in [-0.39, 0.29) is 16.8 Å². The van der Waals surface area contributed by atoms with E-state index in [1.807, 2.05) is 0 Å². The van der Waals surface area contributed by atoms with Gasteiger partial charge in [0.05, 0.1) is 4.90 Å². The quantitative estimate of drug-likeness (QED) is 0.608. The minimum Gasteiger partial charge on any atom is -0.352 e. The second-order valence-electron chi connectivity index (χ2n) is 7.53. The van der Waals surface area contributed by atoms with Crippen molar-refractivity contribution in [3.05, 3.63) is 29.8 Å². The molecule has 1 amide bonds. The summed E-state index contributed by atoms with van der Waals surface area (Å²) in [7, 11) is -1.39. The number of carbonyl (C=O) groups is 1. The van der Waals surface area contributed by atoms with Crippen LogP contribution in [0.15, 0.2) is 29.2 Å². The largest absolute Gasteiger partial charge is 0.352 e. The lowest BCUT2D eigenvalue weighted by Crippen LogP contribution is -2.44. The maximum absolute atomic E-state index is 12.3. The van der Waals surface area contributed by atoms with Gasteiger partial charge in [0.2, 0.25) is 10.0 Å². The van der Waals surface area contributed by atoms with Crippen molar-refractivity contribution in [2.75, 3.05) is 46.3 Å². The molecule has 0 bridgehead atoms. The van der Waals surface area contributed by atoms with Gasteiger partial charge < -0.3 is 15.1 Å². The highest BCUT2D eigenvalue weighted by Crippen LogP contribution is 2.22. The summed E-state index contributed by atoms with van der Waals surface area (Å²) in [6, 6.07) is 6.29. The molecular weight excluding hydrogens is 364 g/mol. The molecule has 0 unspecified atom stereocenters. The van der Waals surface area contributed by atoms with Crippen LogP contribution in [0.5, 0.6) is 0 Å². The topological polar surface area (TPSA) is 81.8 Å². The molecule has 3 rings (SSSR count). The molecule has 2 N–H and O–H groups in total. The number of benzene rings is 1. The molecule has 0 spiro atoms. The monoisotopic (exact) mass is 394 g/mol. The zero-order valence-electron chi connectivity index (χ0n) is 16.0. The molecule has 0 radical (unpaired) electrons. The average molecular weight is 395 g/mol. The van der Waals surface area contributed by atoms with Crippen LogP contribution in [-0.4, -0.2) is 76.5 Å². The molecule has 1 saturated carbocycles. The Morgan fingerprint density at radius 3 is 2.59 bits per heavy atom. The van der Waals surface area contributed by atoms with Gasteiger partial charge in [-0.15, -0.1) is 0 Å². The summed E-state index contributed by atoms with van der Waals surface area (Å²) in [4.78, 5) is 17.3. The molecule has 2 aliphatic rings. The Hall–Kier alpha value is -1.48. The smallest absolute Gasteiger partial charge is 0.251 e. The number of carbonyl (C=O) groups excluding carboxylic acids is 1. The van der Waals surface area contributed by atoms with Gasteiger partial charge in [0.25, 0.3) is 5.91 Å². The lowest BCUT2D eigenvalue weighted by molar-refractivity contribution is 0.0951. The summed E-state index contributed by atoms with van der Waals surface area (Å²) in [6.45, 7) is 6.11. The number of nitrogens with one attached hydrogen (secondary N) is 2. The maximum atomic E-state index is 12.3. The van der Waals surface area contributed by atoms with Crippen molar-refractivity contribution in [2.24, 2.45) is 0 Å². The number of unbranched alkanes of at least 4 members (excludes halogenated alkanes) is 1. The maximum Gasteiger partial charge on any atom is 0.251 e. The van der Waals surface area contributed by atoms with Crippen LogP contribution in [0.2, 0.25) is 0 Å². The van der Waals surface area contributed by atoms with E-state index in [0.29, 0.717) is 12.1 Å². The summed E-state index contributed by atoms with van der Waals surface area (Å²) < 4.78 is 27.2.